The summed E-state index contributed by atoms with van der Waals surface area (Å²) in [5, 5.41) is 17.1. The van der Waals surface area contributed by atoms with Crippen LogP contribution in [-0.2, 0) is 23.9 Å². The number of halogens is 1. The summed E-state index contributed by atoms with van der Waals surface area (Å²) in [6, 6.07) is 4.05. The number of amides is 1. The van der Waals surface area contributed by atoms with Crippen LogP contribution in [0.15, 0.2) is 35.6 Å². The summed E-state index contributed by atoms with van der Waals surface area (Å²) < 4.78 is 22.5. The zero-order valence-corrected chi connectivity index (χ0v) is 19.6. The predicted molar refractivity (Wildman–Crippen MR) is 123 cm³/mol. The van der Waals surface area contributed by atoms with E-state index in [0.29, 0.717) is 36.5 Å². The lowest BCUT2D eigenvalue weighted by atomic mass is 9.79. The fourth-order valence-corrected chi connectivity index (χ4v) is 4.15. The number of ether oxygens (including phenoxy) is 1. The number of carbonyl (C=O) groups is 1. The summed E-state index contributed by atoms with van der Waals surface area (Å²) in [6.45, 7) is 0.463. The molecule has 1 aliphatic carbocycles. The van der Waals surface area contributed by atoms with Crippen LogP contribution in [-0.4, -0.2) is 53.9 Å². The average molecular weight is 489 g/mol. The molecule has 2 aromatic heterocycles. The van der Waals surface area contributed by atoms with E-state index in [4.69, 9.17) is 4.74 Å². The molecule has 1 aromatic carbocycles. The van der Waals surface area contributed by atoms with Gasteiger partial charge in [0.1, 0.15) is 29.9 Å². The van der Waals surface area contributed by atoms with Gasteiger partial charge in [0.25, 0.3) is 11.5 Å². The Hall–Kier alpha value is -3.25. The zero-order valence-electron chi connectivity index (χ0n) is 18.8. The van der Waals surface area contributed by atoms with Gasteiger partial charge in [-0.1, -0.05) is 6.07 Å². The maximum Gasteiger partial charge on any atom is 0.296 e. The lowest BCUT2D eigenvalue weighted by Crippen LogP contribution is -2.44. The van der Waals surface area contributed by atoms with E-state index in [0.717, 1.165) is 12.2 Å². The molecule has 4 rings (SSSR count). The summed E-state index contributed by atoms with van der Waals surface area (Å²) >= 11 is 1.64. The third kappa shape index (κ3) is 4.55. The van der Waals surface area contributed by atoms with Crippen molar-refractivity contribution < 1.29 is 19.0 Å². The number of nitrogens with zero attached hydrogens (tertiary/aromatic N) is 5. The van der Waals surface area contributed by atoms with Gasteiger partial charge in [-0.2, -0.15) is 16.9 Å². The van der Waals surface area contributed by atoms with Gasteiger partial charge in [0, 0.05) is 19.3 Å². The molecule has 0 aliphatic heterocycles. The monoisotopic (exact) mass is 488 g/mol. The van der Waals surface area contributed by atoms with E-state index in [2.05, 4.69) is 20.4 Å². The van der Waals surface area contributed by atoms with E-state index in [1.807, 2.05) is 6.26 Å². The second-order valence-electron chi connectivity index (χ2n) is 7.98. The Morgan fingerprint density at radius 1 is 1.38 bits per heavy atom. The Morgan fingerprint density at radius 3 is 2.82 bits per heavy atom. The molecule has 0 atom stereocenters. The maximum absolute atomic E-state index is 13.8. The average Bonchev–Trinajstić information content (AvgIpc) is 3.34. The van der Waals surface area contributed by atoms with Gasteiger partial charge in [0.05, 0.1) is 12.3 Å². The second-order valence-corrected chi connectivity index (χ2v) is 8.97. The first-order valence-corrected chi connectivity index (χ1v) is 12.1. The highest BCUT2D eigenvalue weighted by molar-refractivity contribution is 7.98. The first-order chi connectivity index (χ1) is 16.4. The summed E-state index contributed by atoms with van der Waals surface area (Å²) in [5.74, 6) is -0.838. The van der Waals surface area contributed by atoms with E-state index < -0.39 is 28.6 Å². The number of thioether (sulfide) groups is 1. The molecular formula is C22H25FN6O4S. The van der Waals surface area contributed by atoms with Crippen LogP contribution in [0.25, 0.3) is 5.69 Å². The largest absolute Gasteiger partial charge is 0.501 e. The van der Waals surface area contributed by atoms with Crippen LogP contribution < -0.4 is 10.9 Å². The van der Waals surface area contributed by atoms with Crippen molar-refractivity contribution in [3.05, 3.63) is 64.1 Å². The Labute approximate surface area is 199 Å². The van der Waals surface area contributed by atoms with Crippen molar-refractivity contribution in [3.63, 3.8) is 0 Å². The lowest BCUT2D eigenvalue weighted by molar-refractivity contribution is -0.109. The van der Waals surface area contributed by atoms with Crippen molar-refractivity contribution in [3.8, 4) is 11.4 Å². The molecule has 1 aliphatic rings. The normalized spacial score (nSPS) is 14.6. The number of aromatic hydroxyl groups is 1. The smallest absolute Gasteiger partial charge is 0.296 e. The van der Waals surface area contributed by atoms with Gasteiger partial charge in [-0.25, -0.2) is 19.0 Å². The van der Waals surface area contributed by atoms with Crippen LogP contribution in [0.5, 0.6) is 5.75 Å². The molecule has 2 heterocycles. The van der Waals surface area contributed by atoms with E-state index >= 15 is 0 Å². The second kappa shape index (κ2) is 9.94. The molecule has 3 aromatic rings. The number of nitrogens with one attached hydrogen (secondary N) is 1. The number of aromatic nitrogens is 5. The fourth-order valence-electron chi connectivity index (χ4n) is 3.90. The highest BCUT2D eigenvalue weighted by atomic mass is 32.2. The molecule has 1 saturated carbocycles. The van der Waals surface area contributed by atoms with E-state index in [1.165, 1.54) is 47.2 Å². The molecule has 10 nitrogen and oxygen atoms in total. The van der Waals surface area contributed by atoms with Crippen LogP contribution in [0.4, 0.5) is 4.39 Å². The van der Waals surface area contributed by atoms with Gasteiger partial charge in [0.15, 0.2) is 5.69 Å². The predicted octanol–water partition coefficient (Wildman–Crippen LogP) is 1.89. The zero-order chi connectivity index (χ0) is 24.3. The number of hydrogen-bond acceptors (Lipinski definition) is 8. The molecule has 1 fully saturated rings. The van der Waals surface area contributed by atoms with Gasteiger partial charge in [-0.15, -0.1) is 0 Å². The van der Waals surface area contributed by atoms with Crippen molar-refractivity contribution in [1.29, 1.82) is 0 Å². The van der Waals surface area contributed by atoms with Crippen LogP contribution in [0.3, 0.4) is 0 Å². The van der Waals surface area contributed by atoms with Crippen molar-refractivity contribution in [2.45, 2.75) is 31.4 Å². The Morgan fingerprint density at radius 2 is 2.18 bits per heavy atom. The molecule has 0 radical (unpaired) electrons. The minimum Gasteiger partial charge on any atom is -0.501 e. The van der Waals surface area contributed by atoms with Crippen molar-refractivity contribution in [1.82, 2.24) is 29.6 Å². The third-order valence-corrected chi connectivity index (χ3v) is 6.44. The third-order valence-electron chi connectivity index (χ3n) is 5.87. The number of carbonyl (C=O) groups excluding carboxylic acids is 1. The van der Waals surface area contributed by atoms with E-state index in [1.54, 1.807) is 11.8 Å². The SMILES string of the molecule is CSCCOC1(c2nc(C(=O)NCc3ccc(F)cc3-n3cncn3)c(O)c(=O)n2C)CCC1. The summed E-state index contributed by atoms with van der Waals surface area (Å²) in [4.78, 5) is 34.0. The first kappa shape index (κ1) is 23.9. The van der Waals surface area contributed by atoms with Crippen molar-refractivity contribution in [2.24, 2.45) is 7.05 Å². The standard InChI is InChI=1S/C22H25FN6O4S/c1-28-20(32)18(30)17(27-21(28)22(6-3-7-22)33-8-9-34-2)19(31)25-11-14-4-5-15(23)10-16(14)29-13-24-12-26-29/h4-5,10,12-13,30H,3,6-9,11H2,1-2H3,(H,25,31). The minimum absolute atomic E-state index is 0.0185. The van der Waals surface area contributed by atoms with Crippen LogP contribution in [0, 0.1) is 5.82 Å². The Balaban J connectivity index is 1.61. The highest BCUT2D eigenvalue weighted by Gasteiger charge is 2.44. The van der Waals surface area contributed by atoms with Crippen molar-refractivity contribution >= 4 is 17.7 Å². The van der Waals surface area contributed by atoms with Gasteiger partial charge >= 0.3 is 0 Å². The minimum atomic E-state index is -0.760. The number of rotatable bonds is 9. The lowest BCUT2D eigenvalue weighted by Gasteiger charge is -2.41. The molecular weight excluding hydrogens is 463 g/mol. The first-order valence-electron chi connectivity index (χ1n) is 10.7. The quantitative estimate of drug-likeness (QED) is 0.438. The van der Waals surface area contributed by atoms with Crippen LogP contribution in [0.2, 0.25) is 0 Å². The van der Waals surface area contributed by atoms with Gasteiger partial charge < -0.3 is 15.2 Å². The molecule has 180 valence electrons. The highest BCUT2D eigenvalue weighted by Crippen LogP contribution is 2.43. The van der Waals surface area contributed by atoms with Gasteiger partial charge in [-0.05, 0) is 43.2 Å². The maximum atomic E-state index is 13.8. The molecule has 12 heteroatoms. The number of benzene rings is 1. The molecule has 1 amide bonds. The number of hydrogen-bond donors (Lipinski definition) is 2. The summed E-state index contributed by atoms with van der Waals surface area (Å²) in [7, 11) is 1.51. The van der Waals surface area contributed by atoms with Crippen LogP contribution >= 0.6 is 11.8 Å². The van der Waals surface area contributed by atoms with Gasteiger partial charge in [-0.3, -0.25) is 14.2 Å². The van der Waals surface area contributed by atoms with E-state index in [9.17, 15) is 19.1 Å². The molecule has 2 N–H and O–H groups in total. The molecule has 0 spiro atoms. The van der Waals surface area contributed by atoms with Crippen LogP contribution in [0.1, 0.15) is 41.1 Å². The molecule has 0 unspecified atom stereocenters. The molecule has 0 saturated heterocycles. The fraction of sp³-hybridized carbons (Fsp3) is 0.409. The summed E-state index contributed by atoms with van der Waals surface area (Å²) in [6.07, 6.45) is 6.95. The molecule has 34 heavy (non-hydrogen) atoms. The van der Waals surface area contributed by atoms with Crippen molar-refractivity contribution in [2.75, 3.05) is 18.6 Å². The van der Waals surface area contributed by atoms with E-state index in [-0.39, 0.29) is 12.2 Å². The summed E-state index contributed by atoms with van der Waals surface area (Å²) in [5.41, 5.74) is -0.902. The molecule has 0 bridgehead atoms. The Kier molecular flexibility index (Phi) is 6.98. The van der Waals surface area contributed by atoms with Gasteiger partial charge in [0.2, 0.25) is 5.75 Å². The Bertz CT molecular complexity index is 1240. The topological polar surface area (TPSA) is 124 Å².